The van der Waals surface area contributed by atoms with Crippen LogP contribution in [0.25, 0.3) is 11.6 Å². The molecule has 0 radical (unpaired) electrons. The average Bonchev–Trinajstić information content (AvgIpc) is 2.76. The second-order valence-corrected chi connectivity index (χ2v) is 5.30. The standard InChI is InChI=1S/C22H21NO3.C2H6/c1-4-12-25-20-9-6-17(7-10-20)14-19(16-23)18-8-11-21(26-13-5-2)22(15-18)24-3;1-2/h4-11,14-15H,1-2,12-13H2,3H3;1-2H3/b19-14+;. The Morgan fingerprint density at radius 1 is 0.964 bits per heavy atom. The Hall–Kier alpha value is -3.45. The maximum absolute atomic E-state index is 9.55. The van der Waals surface area contributed by atoms with Crippen molar-refractivity contribution >= 4 is 11.6 Å². The number of nitrogens with zero attached hydrogens (tertiary/aromatic N) is 1. The van der Waals surface area contributed by atoms with E-state index in [1.54, 1.807) is 31.4 Å². The normalized spacial score (nSPS) is 10.0. The van der Waals surface area contributed by atoms with Gasteiger partial charge in [-0.2, -0.15) is 5.26 Å². The number of hydrogen-bond acceptors (Lipinski definition) is 4. The summed E-state index contributed by atoms with van der Waals surface area (Å²) in [5.74, 6) is 1.93. The Morgan fingerprint density at radius 3 is 2.18 bits per heavy atom. The Balaban J connectivity index is 0.00000190. The Labute approximate surface area is 168 Å². The number of benzene rings is 2. The second kappa shape index (κ2) is 12.8. The van der Waals surface area contributed by atoms with Crippen LogP contribution in [-0.2, 0) is 0 Å². The lowest BCUT2D eigenvalue weighted by atomic mass is 10.0. The number of allylic oxidation sites excluding steroid dienone is 1. The number of hydrogen-bond donors (Lipinski definition) is 0. The maximum atomic E-state index is 9.55. The zero-order chi connectivity index (χ0) is 20.8. The van der Waals surface area contributed by atoms with Crippen molar-refractivity contribution in [1.82, 2.24) is 0 Å². The summed E-state index contributed by atoms with van der Waals surface area (Å²) in [6.07, 6.45) is 5.17. The van der Waals surface area contributed by atoms with Crippen LogP contribution in [0, 0.1) is 11.3 Å². The van der Waals surface area contributed by atoms with Gasteiger partial charge in [-0.15, -0.1) is 0 Å². The molecule has 2 aromatic carbocycles. The van der Waals surface area contributed by atoms with Gasteiger partial charge in [0.15, 0.2) is 11.5 Å². The van der Waals surface area contributed by atoms with E-state index in [1.165, 1.54) is 0 Å². The van der Waals surface area contributed by atoms with Crippen molar-refractivity contribution in [2.45, 2.75) is 13.8 Å². The van der Waals surface area contributed by atoms with Crippen LogP contribution >= 0.6 is 0 Å². The molecule has 2 rings (SSSR count). The lowest BCUT2D eigenvalue weighted by molar-refractivity contribution is 0.326. The van der Waals surface area contributed by atoms with E-state index in [0.29, 0.717) is 30.3 Å². The van der Waals surface area contributed by atoms with E-state index in [9.17, 15) is 5.26 Å². The van der Waals surface area contributed by atoms with Gasteiger partial charge in [0.1, 0.15) is 19.0 Å². The molecule has 0 amide bonds. The minimum atomic E-state index is 0.386. The van der Waals surface area contributed by atoms with Gasteiger partial charge in [-0.3, -0.25) is 0 Å². The van der Waals surface area contributed by atoms with Crippen molar-refractivity contribution in [1.29, 1.82) is 5.26 Å². The summed E-state index contributed by atoms with van der Waals surface area (Å²) >= 11 is 0. The van der Waals surface area contributed by atoms with Crippen molar-refractivity contribution in [3.63, 3.8) is 0 Å². The van der Waals surface area contributed by atoms with Crippen LogP contribution in [-0.4, -0.2) is 20.3 Å². The summed E-state index contributed by atoms with van der Waals surface area (Å²) in [6, 6.07) is 15.1. The molecule has 28 heavy (non-hydrogen) atoms. The lowest BCUT2D eigenvalue weighted by Gasteiger charge is -2.11. The Kier molecular flexibility index (Phi) is 10.4. The first-order valence-electron chi connectivity index (χ1n) is 9.09. The van der Waals surface area contributed by atoms with Crippen molar-refractivity contribution in [2.75, 3.05) is 20.3 Å². The third-order valence-corrected chi connectivity index (χ3v) is 3.51. The summed E-state index contributed by atoms with van der Waals surface area (Å²) in [5, 5.41) is 9.55. The molecule has 4 heteroatoms. The minimum absolute atomic E-state index is 0.386. The van der Waals surface area contributed by atoms with Crippen molar-refractivity contribution in [3.8, 4) is 23.3 Å². The van der Waals surface area contributed by atoms with Gasteiger partial charge >= 0.3 is 0 Å². The first kappa shape index (κ1) is 22.6. The monoisotopic (exact) mass is 377 g/mol. The fourth-order valence-corrected chi connectivity index (χ4v) is 2.27. The highest BCUT2D eigenvalue weighted by Gasteiger charge is 2.09. The van der Waals surface area contributed by atoms with Gasteiger partial charge in [0, 0.05) is 0 Å². The zero-order valence-electron chi connectivity index (χ0n) is 16.8. The number of ether oxygens (including phenoxy) is 3. The Bertz CT molecular complexity index is 830. The molecule has 146 valence electrons. The van der Waals surface area contributed by atoms with Gasteiger partial charge in [-0.1, -0.05) is 51.3 Å². The van der Waals surface area contributed by atoms with Crippen molar-refractivity contribution < 1.29 is 14.2 Å². The molecular formula is C24H27NO3. The van der Waals surface area contributed by atoms with E-state index < -0.39 is 0 Å². The molecule has 0 saturated carbocycles. The highest BCUT2D eigenvalue weighted by atomic mass is 16.5. The molecule has 0 aliphatic heterocycles. The van der Waals surface area contributed by atoms with Gasteiger partial charge in [-0.25, -0.2) is 0 Å². The smallest absolute Gasteiger partial charge is 0.161 e. The van der Waals surface area contributed by atoms with Crippen molar-refractivity contribution in [2.24, 2.45) is 0 Å². The molecule has 0 bridgehead atoms. The van der Waals surface area contributed by atoms with Crippen LogP contribution in [0.4, 0.5) is 0 Å². The first-order valence-corrected chi connectivity index (χ1v) is 9.09. The maximum Gasteiger partial charge on any atom is 0.161 e. The molecule has 0 aliphatic rings. The average molecular weight is 377 g/mol. The topological polar surface area (TPSA) is 51.5 Å². The van der Waals surface area contributed by atoms with E-state index in [4.69, 9.17) is 14.2 Å². The SMILES string of the molecule is C=CCOc1ccc(/C=C(\C#N)c2ccc(OCC=C)c(OC)c2)cc1.CC. The highest BCUT2D eigenvalue weighted by molar-refractivity contribution is 5.90. The van der Waals surface area contributed by atoms with Gasteiger partial charge in [0.2, 0.25) is 0 Å². The summed E-state index contributed by atoms with van der Waals surface area (Å²) in [6.45, 7) is 12.1. The van der Waals surface area contributed by atoms with E-state index >= 15 is 0 Å². The van der Waals surface area contributed by atoms with Gasteiger partial charge in [0.05, 0.1) is 18.8 Å². The third kappa shape index (κ3) is 6.69. The van der Waals surface area contributed by atoms with E-state index in [2.05, 4.69) is 19.2 Å². The third-order valence-electron chi connectivity index (χ3n) is 3.51. The van der Waals surface area contributed by atoms with E-state index in [-0.39, 0.29) is 0 Å². The van der Waals surface area contributed by atoms with Crippen LogP contribution < -0.4 is 14.2 Å². The largest absolute Gasteiger partial charge is 0.493 e. The summed E-state index contributed by atoms with van der Waals surface area (Å²) < 4.78 is 16.4. The molecule has 0 spiro atoms. The van der Waals surface area contributed by atoms with Crippen LogP contribution in [0.15, 0.2) is 67.8 Å². The molecule has 0 aromatic heterocycles. The molecule has 0 saturated heterocycles. The predicted octanol–water partition coefficient (Wildman–Crippen LogP) is 5.92. The van der Waals surface area contributed by atoms with E-state index in [1.807, 2.05) is 50.3 Å². The molecule has 0 heterocycles. The first-order chi connectivity index (χ1) is 13.7. The quantitative estimate of drug-likeness (QED) is 0.309. The number of methoxy groups -OCH3 is 1. The molecule has 2 aromatic rings. The van der Waals surface area contributed by atoms with Crippen LogP contribution in [0.2, 0.25) is 0 Å². The molecular weight excluding hydrogens is 350 g/mol. The van der Waals surface area contributed by atoms with Crippen LogP contribution in [0.1, 0.15) is 25.0 Å². The zero-order valence-corrected chi connectivity index (χ0v) is 16.8. The molecule has 4 nitrogen and oxygen atoms in total. The fourth-order valence-electron chi connectivity index (χ4n) is 2.27. The number of nitriles is 1. The molecule has 0 fully saturated rings. The van der Waals surface area contributed by atoms with Crippen LogP contribution in [0.3, 0.4) is 0 Å². The van der Waals surface area contributed by atoms with Gasteiger partial charge < -0.3 is 14.2 Å². The highest BCUT2D eigenvalue weighted by Crippen LogP contribution is 2.31. The summed E-state index contributed by atoms with van der Waals surface area (Å²) in [4.78, 5) is 0. The number of rotatable bonds is 9. The molecule has 0 N–H and O–H groups in total. The van der Waals surface area contributed by atoms with Crippen molar-refractivity contribution in [3.05, 3.63) is 78.9 Å². The van der Waals surface area contributed by atoms with Crippen LogP contribution in [0.5, 0.6) is 17.2 Å². The second-order valence-electron chi connectivity index (χ2n) is 5.30. The van der Waals surface area contributed by atoms with Gasteiger partial charge in [-0.05, 0) is 47.5 Å². The summed E-state index contributed by atoms with van der Waals surface area (Å²) in [5.41, 5.74) is 2.18. The molecule has 0 atom stereocenters. The van der Waals surface area contributed by atoms with E-state index in [0.717, 1.165) is 16.9 Å². The molecule has 0 aliphatic carbocycles. The fraction of sp³-hybridized carbons (Fsp3) is 0.208. The molecule has 0 unspecified atom stereocenters. The lowest BCUT2D eigenvalue weighted by Crippen LogP contribution is -1.97. The minimum Gasteiger partial charge on any atom is -0.493 e. The predicted molar refractivity (Wildman–Crippen MR) is 116 cm³/mol. The summed E-state index contributed by atoms with van der Waals surface area (Å²) in [7, 11) is 1.57. The van der Waals surface area contributed by atoms with Gasteiger partial charge in [0.25, 0.3) is 0 Å². The Morgan fingerprint density at radius 2 is 1.61 bits per heavy atom.